The van der Waals surface area contributed by atoms with Crippen molar-refractivity contribution in [1.29, 1.82) is 0 Å². The Labute approximate surface area is 117 Å². The van der Waals surface area contributed by atoms with Crippen LogP contribution in [0.2, 0.25) is 0 Å². The highest BCUT2D eigenvalue weighted by Gasteiger charge is 2.15. The van der Waals surface area contributed by atoms with Crippen molar-refractivity contribution in [2.24, 2.45) is 7.05 Å². The van der Waals surface area contributed by atoms with Crippen molar-refractivity contribution in [2.45, 2.75) is 0 Å². The number of aryl methyl sites for hydroxylation is 1. The Kier molecular flexibility index (Phi) is 3.03. The SMILES string of the molecule is COc1ccc(C(=O)c2cn(C)c3ccccc23)cc1. The van der Waals surface area contributed by atoms with Crippen LogP contribution in [0.25, 0.3) is 10.9 Å². The van der Waals surface area contributed by atoms with E-state index in [1.165, 1.54) is 0 Å². The van der Waals surface area contributed by atoms with Gasteiger partial charge in [-0.05, 0) is 30.3 Å². The lowest BCUT2D eigenvalue weighted by molar-refractivity contribution is 0.104. The zero-order valence-electron chi connectivity index (χ0n) is 11.5. The van der Waals surface area contributed by atoms with Crippen LogP contribution >= 0.6 is 0 Å². The number of ketones is 1. The van der Waals surface area contributed by atoms with Crippen molar-refractivity contribution in [3.63, 3.8) is 0 Å². The molecule has 0 amide bonds. The summed E-state index contributed by atoms with van der Waals surface area (Å²) in [6.07, 6.45) is 1.89. The molecule has 0 fully saturated rings. The number of ether oxygens (including phenoxy) is 1. The third-order valence-corrected chi connectivity index (χ3v) is 3.49. The van der Waals surface area contributed by atoms with Gasteiger partial charge in [-0.2, -0.15) is 0 Å². The van der Waals surface area contributed by atoms with Crippen molar-refractivity contribution in [2.75, 3.05) is 7.11 Å². The molecule has 3 nitrogen and oxygen atoms in total. The maximum atomic E-state index is 12.6. The minimum absolute atomic E-state index is 0.0319. The van der Waals surface area contributed by atoms with Gasteiger partial charge >= 0.3 is 0 Å². The average molecular weight is 265 g/mol. The fourth-order valence-corrected chi connectivity index (χ4v) is 2.42. The van der Waals surface area contributed by atoms with Crippen molar-refractivity contribution in [1.82, 2.24) is 4.57 Å². The second-order valence-corrected chi connectivity index (χ2v) is 4.73. The molecule has 0 bridgehead atoms. The van der Waals surface area contributed by atoms with Gasteiger partial charge < -0.3 is 9.30 Å². The van der Waals surface area contributed by atoms with E-state index >= 15 is 0 Å². The molecule has 1 heterocycles. The van der Waals surface area contributed by atoms with Gasteiger partial charge in [-0.25, -0.2) is 0 Å². The second-order valence-electron chi connectivity index (χ2n) is 4.73. The molecular formula is C17H15NO2. The zero-order valence-corrected chi connectivity index (χ0v) is 11.5. The summed E-state index contributed by atoms with van der Waals surface area (Å²) in [6, 6.07) is 15.1. The van der Waals surface area contributed by atoms with Crippen molar-refractivity contribution >= 4 is 16.7 Å². The molecule has 1 aromatic heterocycles. The van der Waals surface area contributed by atoms with Gasteiger partial charge in [-0.15, -0.1) is 0 Å². The number of para-hydroxylation sites is 1. The van der Waals surface area contributed by atoms with E-state index in [-0.39, 0.29) is 5.78 Å². The summed E-state index contributed by atoms with van der Waals surface area (Å²) in [5, 5.41) is 0.982. The number of nitrogens with zero attached hydrogens (tertiary/aromatic N) is 1. The van der Waals surface area contributed by atoms with E-state index in [9.17, 15) is 4.79 Å². The topological polar surface area (TPSA) is 31.2 Å². The first-order valence-corrected chi connectivity index (χ1v) is 6.43. The summed E-state index contributed by atoms with van der Waals surface area (Å²) in [4.78, 5) is 12.6. The van der Waals surface area contributed by atoms with E-state index in [2.05, 4.69) is 0 Å². The van der Waals surface area contributed by atoms with Crippen molar-refractivity contribution < 1.29 is 9.53 Å². The summed E-state index contributed by atoms with van der Waals surface area (Å²) in [7, 11) is 3.56. The maximum absolute atomic E-state index is 12.6. The van der Waals surface area contributed by atoms with Crippen LogP contribution in [0.3, 0.4) is 0 Å². The summed E-state index contributed by atoms with van der Waals surface area (Å²) < 4.78 is 7.09. The smallest absolute Gasteiger partial charge is 0.195 e. The quantitative estimate of drug-likeness (QED) is 0.679. The standard InChI is InChI=1S/C17H15NO2/c1-18-11-15(14-5-3-4-6-16(14)18)17(19)12-7-9-13(20-2)10-8-12/h3-11H,1-2H3. The fraction of sp³-hybridized carbons (Fsp3) is 0.118. The van der Waals surface area contributed by atoms with E-state index in [1.54, 1.807) is 31.4 Å². The van der Waals surface area contributed by atoms with Crippen LogP contribution in [0.5, 0.6) is 5.75 Å². The summed E-state index contributed by atoms with van der Waals surface area (Å²) in [6.45, 7) is 0. The first-order valence-electron chi connectivity index (χ1n) is 6.43. The van der Waals surface area contributed by atoms with Crippen LogP contribution in [-0.2, 0) is 7.05 Å². The molecule has 3 rings (SSSR count). The summed E-state index contributed by atoms with van der Waals surface area (Å²) in [5.41, 5.74) is 2.46. The molecule has 0 atom stereocenters. The van der Waals surface area contributed by atoms with Gasteiger partial charge in [0.15, 0.2) is 5.78 Å². The number of carbonyl (C=O) groups excluding carboxylic acids is 1. The van der Waals surface area contributed by atoms with E-state index in [0.29, 0.717) is 5.56 Å². The molecule has 100 valence electrons. The van der Waals surface area contributed by atoms with Crippen LogP contribution < -0.4 is 4.74 Å². The minimum Gasteiger partial charge on any atom is -0.497 e. The van der Waals surface area contributed by atoms with Crippen molar-refractivity contribution in [3.8, 4) is 5.75 Å². The number of rotatable bonds is 3. The maximum Gasteiger partial charge on any atom is 0.195 e. The van der Waals surface area contributed by atoms with Gasteiger partial charge in [0.2, 0.25) is 0 Å². The molecule has 0 aliphatic heterocycles. The molecule has 3 aromatic rings. The molecule has 2 aromatic carbocycles. The Morgan fingerprint density at radius 1 is 1.05 bits per heavy atom. The molecule has 0 aliphatic rings. The van der Waals surface area contributed by atoms with Gasteiger partial charge in [-0.1, -0.05) is 18.2 Å². The predicted molar refractivity (Wildman–Crippen MR) is 79.3 cm³/mol. The monoisotopic (exact) mass is 265 g/mol. The van der Waals surface area contributed by atoms with E-state index in [1.807, 2.05) is 42.1 Å². The number of hydrogen-bond acceptors (Lipinski definition) is 2. The number of fused-ring (bicyclic) bond motifs is 1. The Balaban J connectivity index is 2.08. The van der Waals surface area contributed by atoms with Crippen molar-refractivity contribution in [3.05, 3.63) is 65.9 Å². The summed E-state index contributed by atoms with van der Waals surface area (Å²) in [5.74, 6) is 0.781. The fourth-order valence-electron chi connectivity index (χ4n) is 2.42. The molecular weight excluding hydrogens is 250 g/mol. The Morgan fingerprint density at radius 2 is 1.75 bits per heavy atom. The summed E-state index contributed by atoms with van der Waals surface area (Å²) >= 11 is 0. The molecule has 20 heavy (non-hydrogen) atoms. The van der Waals surface area contributed by atoms with Crippen LogP contribution in [0.1, 0.15) is 15.9 Å². The van der Waals surface area contributed by atoms with Gasteiger partial charge in [0, 0.05) is 35.3 Å². The number of methoxy groups -OCH3 is 1. The molecule has 0 spiro atoms. The highest BCUT2D eigenvalue weighted by atomic mass is 16.5. The Morgan fingerprint density at radius 3 is 2.45 bits per heavy atom. The normalized spacial score (nSPS) is 10.7. The predicted octanol–water partition coefficient (Wildman–Crippen LogP) is 3.42. The Hall–Kier alpha value is -2.55. The highest BCUT2D eigenvalue weighted by molar-refractivity contribution is 6.16. The first-order chi connectivity index (χ1) is 9.70. The van der Waals surface area contributed by atoms with Gasteiger partial charge in [0.25, 0.3) is 0 Å². The lowest BCUT2D eigenvalue weighted by atomic mass is 10.0. The molecule has 0 saturated carbocycles. The largest absolute Gasteiger partial charge is 0.497 e. The number of carbonyl (C=O) groups is 1. The van der Waals surface area contributed by atoms with Gasteiger partial charge in [-0.3, -0.25) is 4.79 Å². The molecule has 0 saturated heterocycles. The molecule has 3 heteroatoms. The molecule has 0 radical (unpaired) electrons. The van der Waals surface area contributed by atoms with Gasteiger partial charge in [0.1, 0.15) is 5.75 Å². The van der Waals surface area contributed by atoms with Gasteiger partial charge in [0.05, 0.1) is 7.11 Å². The second kappa shape index (κ2) is 4.85. The van der Waals surface area contributed by atoms with Crippen LogP contribution in [0.4, 0.5) is 0 Å². The third kappa shape index (κ3) is 1.97. The molecule has 0 aliphatic carbocycles. The lowest BCUT2D eigenvalue weighted by Gasteiger charge is -2.02. The van der Waals surface area contributed by atoms with Crippen LogP contribution in [0.15, 0.2) is 54.7 Å². The van der Waals surface area contributed by atoms with Crippen LogP contribution in [0, 0.1) is 0 Å². The van der Waals surface area contributed by atoms with E-state index in [4.69, 9.17) is 4.74 Å². The number of aromatic nitrogens is 1. The number of hydrogen-bond donors (Lipinski definition) is 0. The number of benzene rings is 2. The first kappa shape index (κ1) is 12.5. The van der Waals surface area contributed by atoms with E-state index in [0.717, 1.165) is 22.2 Å². The average Bonchev–Trinajstić information content (AvgIpc) is 2.84. The Bertz CT molecular complexity index is 769. The highest BCUT2D eigenvalue weighted by Crippen LogP contribution is 2.23. The zero-order chi connectivity index (χ0) is 14.1. The third-order valence-electron chi connectivity index (χ3n) is 3.49. The lowest BCUT2D eigenvalue weighted by Crippen LogP contribution is -2.00. The van der Waals surface area contributed by atoms with E-state index < -0.39 is 0 Å². The molecule has 0 N–H and O–H groups in total. The van der Waals surface area contributed by atoms with Crippen LogP contribution in [-0.4, -0.2) is 17.5 Å². The molecule has 0 unspecified atom stereocenters. The minimum atomic E-state index is 0.0319.